The summed E-state index contributed by atoms with van der Waals surface area (Å²) >= 11 is 0. The fourth-order valence-corrected chi connectivity index (χ4v) is 2.42. The van der Waals surface area contributed by atoms with Gasteiger partial charge in [0.15, 0.2) is 5.82 Å². The lowest BCUT2D eigenvalue weighted by molar-refractivity contribution is 0.750. The average molecular weight is 272 g/mol. The molecule has 3 rings (SSSR count). The zero-order chi connectivity index (χ0) is 14.1. The molecule has 2 heterocycles. The highest BCUT2D eigenvalue weighted by Crippen LogP contribution is 2.23. The number of rotatable bonds is 3. The summed E-state index contributed by atoms with van der Waals surface area (Å²) in [5.41, 5.74) is 8.10. The average Bonchev–Trinajstić information content (AvgIpc) is 3.07. The maximum Gasteiger partial charge on any atom is 0.245 e. The van der Waals surface area contributed by atoms with E-state index in [1.165, 1.54) is 0 Å². The molecule has 1 aromatic carbocycles. The first-order chi connectivity index (χ1) is 9.63. The number of aromatic nitrogens is 3. The molecule has 0 bridgehead atoms. The van der Waals surface area contributed by atoms with E-state index in [1.807, 2.05) is 26.2 Å². The summed E-state index contributed by atoms with van der Waals surface area (Å²) in [7, 11) is 4.05. The standard InChI is InChI=1S/C14H20N6/c1-19(2)12-5-3-4-10(8-12)13-16-14(18-17-13)20-7-6-11(15)9-20/h3-5,8,11H,6-7,9,15H2,1-2H3,(H,16,17,18). The Labute approximate surface area is 118 Å². The van der Waals surface area contributed by atoms with Crippen molar-refractivity contribution in [3.05, 3.63) is 24.3 Å². The Kier molecular flexibility index (Phi) is 3.31. The SMILES string of the molecule is CN(C)c1cccc(-c2nc(N3CCC(N)C3)n[nH]2)c1. The third-order valence-electron chi connectivity index (χ3n) is 3.62. The second-order valence-corrected chi connectivity index (χ2v) is 5.42. The lowest BCUT2D eigenvalue weighted by Gasteiger charge is -2.13. The molecule has 106 valence electrons. The van der Waals surface area contributed by atoms with Gasteiger partial charge < -0.3 is 15.5 Å². The van der Waals surface area contributed by atoms with Gasteiger partial charge in [0.2, 0.25) is 5.95 Å². The molecule has 2 aromatic rings. The molecule has 0 saturated carbocycles. The minimum absolute atomic E-state index is 0.231. The van der Waals surface area contributed by atoms with Gasteiger partial charge in [0.05, 0.1) is 0 Å². The number of aromatic amines is 1. The molecule has 0 spiro atoms. The number of nitrogens with one attached hydrogen (secondary N) is 1. The monoisotopic (exact) mass is 272 g/mol. The summed E-state index contributed by atoms with van der Waals surface area (Å²) in [4.78, 5) is 8.78. The number of H-pyrrole nitrogens is 1. The van der Waals surface area contributed by atoms with Gasteiger partial charge in [-0.3, -0.25) is 5.10 Å². The molecule has 0 radical (unpaired) electrons. The summed E-state index contributed by atoms with van der Waals surface area (Å²) in [5, 5.41) is 7.32. The van der Waals surface area contributed by atoms with Gasteiger partial charge in [-0.15, -0.1) is 5.10 Å². The van der Waals surface area contributed by atoms with Gasteiger partial charge in [0.25, 0.3) is 0 Å². The Balaban J connectivity index is 1.84. The van der Waals surface area contributed by atoms with Crippen LogP contribution >= 0.6 is 0 Å². The van der Waals surface area contributed by atoms with Gasteiger partial charge in [0, 0.05) is 44.5 Å². The summed E-state index contributed by atoms with van der Waals surface area (Å²) in [6.45, 7) is 1.76. The molecule has 3 N–H and O–H groups in total. The van der Waals surface area contributed by atoms with Crippen molar-refractivity contribution >= 4 is 11.6 Å². The molecule has 0 aliphatic carbocycles. The molecular weight excluding hydrogens is 252 g/mol. The highest BCUT2D eigenvalue weighted by Gasteiger charge is 2.22. The van der Waals surface area contributed by atoms with Crippen LogP contribution in [0.2, 0.25) is 0 Å². The largest absolute Gasteiger partial charge is 0.378 e. The Bertz CT molecular complexity index is 591. The molecule has 6 heteroatoms. The van der Waals surface area contributed by atoms with Crippen molar-refractivity contribution in [2.75, 3.05) is 37.0 Å². The van der Waals surface area contributed by atoms with Crippen LogP contribution < -0.4 is 15.5 Å². The first-order valence-corrected chi connectivity index (χ1v) is 6.84. The molecule has 1 aliphatic heterocycles. The second-order valence-electron chi connectivity index (χ2n) is 5.42. The van der Waals surface area contributed by atoms with Crippen LogP contribution in [0.25, 0.3) is 11.4 Å². The van der Waals surface area contributed by atoms with Crippen molar-refractivity contribution in [2.45, 2.75) is 12.5 Å². The van der Waals surface area contributed by atoms with E-state index in [0.717, 1.165) is 42.5 Å². The predicted octanol–water partition coefficient (Wildman–Crippen LogP) is 1.08. The third-order valence-corrected chi connectivity index (χ3v) is 3.62. The van der Waals surface area contributed by atoms with Crippen LogP contribution in [-0.4, -0.2) is 48.4 Å². The van der Waals surface area contributed by atoms with E-state index in [2.05, 4.69) is 37.1 Å². The first-order valence-electron chi connectivity index (χ1n) is 6.84. The Morgan fingerprint density at radius 3 is 2.95 bits per heavy atom. The normalized spacial score (nSPS) is 18.6. The Morgan fingerprint density at radius 2 is 2.25 bits per heavy atom. The third kappa shape index (κ3) is 2.46. The van der Waals surface area contributed by atoms with Crippen LogP contribution in [0, 0.1) is 0 Å². The summed E-state index contributed by atoms with van der Waals surface area (Å²) in [5.74, 6) is 1.53. The van der Waals surface area contributed by atoms with Crippen molar-refractivity contribution in [2.24, 2.45) is 5.73 Å². The number of hydrogen-bond donors (Lipinski definition) is 2. The van der Waals surface area contributed by atoms with Gasteiger partial charge in [-0.05, 0) is 18.6 Å². The predicted molar refractivity (Wildman–Crippen MR) is 81.0 cm³/mol. The van der Waals surface area contributed by atoms with Crippen molar-refractivity contribution in [3.8, 4) is 11.4 Å². The van der Waals surface area contributed by atoms with E-state index in [-0.39, 0.29) is 6.04 Å². The van der Waals surface area contributed by atoms with Crippen molar-refractivity contribution < 1.29 is 0 Å². The fourth-order valence-electron chi connectivity index (χ4n) is 2.42. The van der Waals surface area contributed by atoms with Crippen LogP contribution in [0.15, 0.2) is 24.3 Å². The number of anilines is 2. The van der Waals surface area contributed by atoms with Crippen LogP contribution in [0.1, 0.15) is 6.42 Å². The van der Waals surface area contributed by atoms with E-state index in [1.54, 1.807) is 0 Å². The number of benzene rings is 1. The van der Waals surface area contributed by atoms with Crippen LogP contribution in [-0.2, 0) is 0 Å². The van der Waals surface area contributed by atoms with E-state index in [4.69, 9.17) is 5.73 Å². The Morgan fingerprint density at radius 1 is 1.40 bits per heavy atom. The maximum atomic E-state index is 5.92. The number of hydrogen-bond acceptors (Lipinski definition) is 5. The number of nitrogens with two attached hydrogens (primary N) is 1. The minimum atomic E-state index is 0.231. The molecular formula is C14H20N6. The van der Waals surface area contributed by atoms with Gasteiger partial charge in [-0.25, -0.2) is 0 Å². The van der Waals surface area contributed by atoms with E-state index in [9.17, 15) is 0 Å². The van der Waals surface area contributed by atoms with E-state index < -0.39 is 0 Å². The zero-order valence-corrected chi connectivity index (χ0v) is 11.9. The smallest absolute Gasteiger partial charge is 0.245 e. The molecule has 1 unspecified atom stereocenters. The molecule has 1 atom stereocenters. The fraction of sp³-hybridized carbons (Fsp3) is 0.429. The molecule has 1 aliphatic rings. The van der Waals surface area contributed by atoms with Gasteiger partial charge in [-0.1, -0.05) is 12.1 Å². The summed E-state index contributed by atoms with van der Waals surface area (Å²) in [6, 6.07) is 8.46. The van der Waals surface area contributed by atoms with Crippen molar-refractivity contribution in [1.82, 2.24) is 15.2 Å². The summed E-state index contributed by atoms with van der Waals surface area (Å²) in [6.07, 6.45) is 1.000. The van der Waals surface area contributed by atoms with Gasteiger partial charge >= 0.3 is 0 Å². The van der Waals surface area contributed by atoms with Crippen LogP contribution in [0.4, 0.5) is 11.6 Å². The van der Waals surface area contributed by atoms with Gasteiger partial charge in [0.1, 0.15) is 0 Å². The maximum absolute atomic E-state index is 5.92. The molecule has 1 aromatic heterocycles. The van der Waals surface area contributed by atoms with Crippen LogP contribution in [0.5, 0.6) is 0 Å². The van der Waals surface area contributed by atoms with Crippen LogP contribution in [0.3, 0.4) is 0 Å². The lowest BCUT2D eigenvalue weighted by atomic mass is 10.2. The molecule has 20 heavy (non-hydrogen) atoms. The van der Waals surface area contributed by atoms with Gasteiger partial charge in [-0.2, -0.15) is 4.98 Å². The Hall–Kier alpha value is -2.08. The number of nitrogens with zero attached hydrogens (tertiary/aromatic N) is 4. The second kappa shape index (κ2) is 5.13. The minimum Gasteiger partial charge on any atom is -0.378 e. The van der Waals surface area contributed by atoms with E-state index >= 15 is 0 Å². The molecule has 6 nitrogen and oxygen atoms in total. The lowest BCUT2D eigenvalue weighted by Crippen LogP contribution is -2.26. The topological polar surface area (TPSA) is 74.1 Å². The highest BCUT2D eigenvalue weighted by molar-refractivity contribution is 5.63. The van der Waals surface area contributed by atoms with Crippen molar-refractivity contribution in [1.29, 1.82) is 0 Å². The summed E-state index contributed by atoms with van der Waals surface area (Å²) < 4.78 is 0. The molecule has 1 saturated heterocycles. The molecule has 1 fully saturated rings. The first kappa shape index (κ1) is 12.9. The zero-order valence-electron chi connectivity index (χ0n) is 11.9. The van der Waals surface area contributed by atoms with E-state index in [0.29, 0.717) is 0 Å². The highest BCUT2D eigenvalue weighted by atomic mass is 15.4. The molecule has 0 amide bonds. The quantitative estimate of drug-likeness (QED) is 0.874. The van der Waals surface area contributed by atoms with Crippen molar-refractivity contribution in [3.63, 3.8) is 0 Å².